The van der Waals surface area contributed by atoms with Crippen LogP contribution in [0.25, 0.3) is 0 Å². The van der Waals surface area contributed by atoms with E-state index in [1.165, 1.54) is 27.4 Å². The van der Waals surface area contributed by atoms with Crippen LogP contribution in [0.4, 0.5) is 0 Å². The van der Waals surface area contributed by atoms with Gasteiger partial charge in [-0.2, -0.15) is 9.97 Å². The number of hydrogen-bond acceptors (Lipinski definition) is 7. The molecule has 1 aromatic heterocycles. The Morgan fingerprint density at radius 3 is 2.26 bits per heavy atom. The fourth-order valence-corrected chi connectivity index (χ4v) is 2.03. The lowest BCUT2D eigenvalue weighted by atomic mass is 10.0. The third-order valence-electron chi connectivity index (χ3n) is 3.16. The molecule has 2 aromatic rings. The second kappa shape index (κ2) is 7.44. The van der Waals surface area contributed by atoms with E-state index in [2.05, 4.69) is 9.97 Å². The molecule has 0 amide bonds. The van der Waals surface area contributed by atoms with Crippen molar-refractivity contribution < 1.29 is 23.7 Å². The molecule has 0 saturated heterocycles. The largest absolute Gasteiger partial charge is 0.481 e. The van der Waals surface area contributed by atoms with Gasteiger partial charge in [0.05, 0.1) is 27.4 Å². The van der Waals surface area contributed by atoms with Gasteiger partial charge in [-0.3, -0.25) is 0 Å². The lowest BCUT2D eigenvalue weighted by Gasteiger charge is -2.12. The fraction of sp³-hybridized carbons (Fsp3) is 0.312. The second-order valence-corrected chi connectivity index (χ2v) is 4.47. The van der Waals surface area contributed by atoms with E-state index in [4.69, 9.17) is 18.9 Å². The zero-order chi connectivity index (χ0) is 16.8. The number of rotatable bonds is 6. The zero-order valence-electron chi connectivity index (χ0n) is 13.5. The molecule has 7 nitrogen and oxygen atoms in total. The number of aryl methyl sites for hydroxylation is 1. The molecule has 0 bridgehead atoms. The summed E-state index contributed by atoms with van der Waals surface area (Å²) >= 11 is 0. The summed E-state index contributed by atoms with van der Waals surface area (Å²) in [6.07, 6.45) is 0.657. The van der Waals surface area contributed by atoms with Crippen molar-refractivity contribution in [2.75, 3.05) is 21.3 Å². The van der Waals surface area contributed by atoms with E-state index < -0.39 is 5.97 Å². The first-order valence-corrected chi connectivity index (χ1v) is 6.98. The molecule has 0 aliphatic carbocycles. The van der Waals surface area contributed by atoms with Crippen LogP contribution >= 0.6 is 0 Å². The summed E-state index contributed by atoms with van der Waals surface area (Å²) in [5, 5.41) is 0. The van der Waals surface area contributed by atoms with Gasteiger partial charge in [-0.1, -0.05) is 19.1 Å². The molecule has 7 heteroatoms. The van der Waals surface area contributed by atoms with Crippen molar-refractivity contribution in [3.8, 4) is 23.5 Å². The Labute approximate surface area is 134 Å². The summed E-state index contributed by atoms with van der Waals surface area (Å²) in [5.41, 5.74) is 1.16. The second-order valence-electron chi connectivity index (χ2n) is 4.47. The van der Waals surface area contributed by atoms with E-state index in [1.54, 1.807) is 12.1 Å². The van der Waals surface area contributed by atoms with Gasteiger partial charge >= 0.3 is 12.0 Å². The monoisotopic (exact) mass is 318 g/mol. The molecule has 122 valence electrons. The number of carbonyl (C=O) groups is 1. The third-order valence-corrected chi connectivity index (χ3v) is 3.16. The van der Waals surface area contributed by atoms with Crippen molar-refractivity contribution in [2.24, 2.45) is 0 Å². The standard InChI is InChI=1S/C16H18N2O5/c1-5-10-7-6-8-11(14(10)15(19)22-4)23-16-17-12(20-2)9-13(18-16)21-3/h6-9H,5H2,1-4H3. The minimum absolute atomic E-state index is 0.0135. The average molecular weight is 318 g/mol. The number of carbonyl (C=O) groups excluding carboxylic acids is 1. The average Bonchev–Trinajstić information content (AvgIpc) is 2.60. The van der Waals surface area contributed by atoms with Crippen molar-refractivity contribution in [1.29, 1.82) is 0 Å². The van der Waals surface area contributed by atoms with E-state index in [1.807, 2.05) is 13.0 Å². The minimum Gasteiger partial charge on any atom is -0.481 e. The number of ether oxygens (including phenoxy) is 4. The number of esters is 1. The number of methoxy groups -OCH3 is 3. The Morgan fingerprint density at radius 2 is 1.74 bits per heavy atom. The zero-order valence-corrected chi connectivity index (χ0v) is 13.5. The Hall–Kier alpha value is -2.83. The van der Waals surface area contributed by atoms with Crippen LogP contribution < -0.4 is 14.2 Å². The molecule has 0 radical (unpaired) electrons. The Morgan fingerprint density at radius 1 is 1.09 bits per heavy atom. The number of nitrogens with zero attached hydrogens (tertiary/aromatic N) is 2. The Bertz CT molecular complexity index is 681. The lowest BCUT2D eigenvalue weighted by Crippen LogP contribution is -2.08. The summed E-state index contributed by atoms with van der Waals surface area (Å²) in [4.78, 5) is 20.2. The highest BCUT2D eigenvalue weighted by Gasteiger charge is 2.19. The van der Waals surface area contributed by atoms with Crippen LogP contribution in [0.3, 0.4) is 0 Å². The van der Waals surface area contributed by atoms with Crippen molar-refractivity contribution in [3.63, 3.8) is 0 Å². The summed E-state index contributed by atoms with van der Waals surface area (Å²) < 4.78 is 20.7. The molecule has 2 rings (SSSR count). The number of hydrogen-bond donors (Lipinski definition) is 0. The molecule has 0 spiro atoms. The van der Waals surface area contributed by atoms with Crippen LogP contribution in [0.2, 0.25) is 0 Å². The van der Waals surface area contributed by atoms with Gasteiger partial charge in [0.2, 0.25) is 11.8 Å². The van der Waals surface area contributed by atoms with Gasteiger partial charge in [-0.25, -0.2) is 4.79 Å². The molecule has 0 aliphatic heterocycles. The molecular formula is C16H18N2O5. The molecule has 1 heterocycles. The van der Waals surface area contributed by atoms with Crippen LogP contribution in [-0.4, -0.2) is 37.3 Å². The van der Waals surface area contributed by atoms with Crippen LogP contribution in [-0.2, 0) is 11.2 Å². The van der Waals surface area contributed by atoms with Gasteiger partial charge in [0, 0.05) is 0 Å². The summed E-state index contributed by atoms with van der Waals surface area (Å²) in [6.45, 7) is 1.94. The van der Waals surface area contributed by atoms with Gasteiger partial charge in [-0.15, -0.1) is 0 Å². The predicted octanol–water partition coefficient (Wildman–Crippen LogP) is 2.64. The topological polar surface area (TPSA) is 79.8 Å². The van der Waals surface area contributed by atoms with E-state index in [0.29, 0.717) is 17.7 Å². The first-order valence-electron chi connectivity index (χ1n) is 6.98. The molecule has 0 saturated carbocycles. The maximum Gasteiger partial charge on any atom is 0.341 e. The van der Waals surface area contributed by atoms with Crippen LogP contribution in [0.15, 0.2) is 24.3 Å². The van der Waals surface area contributed by atoms with Gasteiger partial charge in [-0.05, 0) is 18.1 Å². The fourth-order valence-electron chi connectivity index (χ4n) is 2.03. The number of benzene rings is 1. The Balaban J connectivity index is 2.46. The highest BCUT2D eigenvalue weighted by molar-refractivity contribution is 5.94. The van der Waals surface area contributed by atoms with Crippen molar-refractivity contribution in [2.45, 2.75) is 13.3 Å². The number of aromatic nitrogens is 2. The quantitative estimate of drug-likeness (QED) is 0.757. The summed E-state index contributed by atoms with van der Waals surface area (Å²) in [6, 6.07) is 6.82. The predicted molar refractivity (Wildman–Crippen MR) is 82.4 cm³/mol. The minimum atomic E-state index is -0.479. The first kappa shape index (κ1) is 16.5. The molecular weight excluding hydrogens is 300 g/mol. The van der Waals surface area contributed by atoms with E-state index in [0.717, 1.165) is 5.56 Å². The summed E-state index contributed by atoms with van der Waals surface area (Å²) in [7, 11) is 4.27. The highest BCUT2D eigenvalue weighted by atomic mass is 16.5. The van der Waals surface area contributed by atoms with Crippen molar-refractivity contribution in [3.05, 3.63) is 35.4 Å². The summed E-state index contributed by atoms with van der Waals surface area (Å²) in [5.74, 6) is 0.412. The first-order chi connectivity index (χ1) is 11.1. The molecule has 23 heavy (non-hydrogen) atoms. The van der Waals surface area contributed by atoms with Gasteiger partial charge in [0.15, 0.2) is 0 Å². The molecule has 0 unspecified atom stereocenters. The molecule has 0 fully saturated rings. The molecule has 0 atom stereocenters. The van der Waals surface area contributed by atoms with Gasteiger partial charge in [0.1, 0.15) is 11.3 Å². The molecule has 0 aliphatic rings. The van der Waals surface area contributed by atoms with E-state index >= 15 is 0 Å². The van der Waals surface area contributed by atoms with E-state index in [-0.39, 0.29) is 17.8 Å². The lowest BCUT2D eigenvalue weighted by molar-refractivity contribution is 0.0596. The SMILES string of the molecule is CCc1cccc(Oc2nc(OC)cc(OC)n2)c1C(=O)OC. The van der Waals surface area contributed by atoms with Crippen LogP contribution in [0.5, 0.6) is 23.5 Å². The maximum absolute atomic E-state index is 12.1. The third kappa shape index (κ3) is 3.68. The molecule has 1 aromatic carbocycles. The van der Waals surface area contributed by atoms with Crippen LogP contribution in [0, 0.1) is 0 Å². The smallest absolute Gasteiger partial charge is 0.341 e. The van der Waals surface area contributed by atoms with Crippen LogP contribution in [0.1, 0.15) is 22.8 Å². The van der Waals surface area contributed by atoms with Crippen molar-refractivity contribution >= 4 is 5.97 Å². The maximum atomic E-state index is 12.1. The van der Waals surface area contributed by atoms with Gasteiger partial charge < -0.3 is 18.9 Å². The van der Waals surface area contributed by atoms with E-state index in [9.17, 15) is 4.79 Å². The molecule has 0 N–H and O–H groups in total. The Kier molecular flexibility index (Phi) is 5.35. The van der Waals surface area contributed by atoms with Crippen molar-refractivity contribution in [1.82, 2.24) is 9.97 Å². The highest BCUT2D eigenvalue weighted by Crippen LogP contribution is 2.29. The normalized spacial score (nSPS) is 10.1. The van der Waals surface area contributed by atoms with Gasteiger partial charge in [0.25, 0.3) is 0 Å².